The molecule has 0 aliphatic carbocycles. The summed E-state index contributed by atoms with van der Waals surface area (Å²) >= 11 is 0. The van der Waals surface area contributed by atoms with Crippen LogP contribution in [0, 0.1) is 13.1 Å². The second-order valence-corrected chi connectivity index (χ2v) is 37.5. The molecule has 3 saturated heterocycles. The Labute approximate surface area is 361 Å². The van der Waals surface area contributed by atoms with Crippen molar-refractivity contribution in [2.45, 2.75) is 176 Å². The maximum atomic E-state index is 9.93. The molecule has 0 aromatic heterocycles. The zero-order chi connectivity index (χ0) is 46.0. The number of rotatable bonds is 13. The first-order chi connectivity index (χ1) is 27.6. The van der Waals surface area contributed by atoms with Crippen LogP contribution >= 0.6 is 0 Å². The fourth-order valence-corrected chi connectivity index (χ4v) is 10.9. The molecule has 0 amide bonds. The summed E-state index contributed by atoms with van der Waals surface area (Å²) in [5.41, 5.74) is 1.02. The minimum atomic E-state index is -1.90. The number of aliphatic hydroxyl groups is 8. The maximum absolute atomic E-state index is 9.93. The Hall–Kier alpha value is -1.53. The normalized spacial score (nSPS) is 35.1. The van der Waals surface area contributed by atoms with E-state index in [1.54, 1.807) is 0 Å². The quantitative estimate of drug-likeness (QED) is 0.0962. The molecule has 0 saturated carbocycles. The van der Waals surface area contributed by atoms with Crippen LogP contribution in [-0.4, -0.2) is 185 Å². The molecule has 3 fully saturated rings. The summed E-state index contributed by atoms with van der Waals surface area (Å²) in [7, 11) is -7.37. The third kappa shape index (κ3) is 17.6. The second kappa shape index (κ2) is 23.4. The first-order valence-corrected chi connectivity index (χ1v) is 34.2. The third-order valence-electron chi connectivity index (χ3n) is 9.65. The maximum Gasteiger partial charge on any atom is 0.306 e. The number of piperidine rings is 3. The van der Waals surface area contributed by atoms with Gasteiger partial charge in [0.05, 0.1) is 56.3 Å². The number of aliphatic hydroxyl groups excluding tert-OH is 8. The van der Waals surface area contributed by atoms with Crippen LogP contribution in [0.4, 0.5) is 0 Å². The molecule has 3 heterocycles. The zero-order valence-corrected chi connectivity index (χ0v) is 41.5. The van der Waals surface area contributed by atoms with E-state index in [0.29, 0.717) is 13.0 Å². The highest BCUT2D eigenvalue weighted by Gasteiger charge is 2.53. The largest absolute Gasteiger partial charge is 0.416 e. The summed E-state index contributed by atoms with van der Waals surface area (Å²) in [5.74, 6) is 0. The van der Waals surface area contributed by atoms with Crippen LogP contribution in [0.5, 0.6) is 0 Å². The van der Waals surface area contributed by atoms with Gasteiger partial charge >= 0.3 is 12.3 Å². The molecule has 0 radical (unpaired) electrons. The lowest BCUT2D eigenvalue weighted by atomic mass is 9.87. The van der Waals surface area contributed by atoms with E-state index in [4.69, 9.17) is 41.1 Å². The predicted octanol–water partition coefficient (Wildman–Crippen LogP) is 0.638. The highest BCUT2D eigenvalue weighted by Crippen LogP contribution is 2.31. The van der Waals surface area contributed by atoms with Gasteiger partial charge in [0.15, 0.2) is 45.5 Å². The summed E-state index contributed by atoms with van der Waals surface area (Å²) in [4.78, 5) is 6.92. The average Bonchev–Trinajstić information content (AvgIpc) is 3.14. The molecule has 3 aliphatic heterocycles. The van der Waals surface area contributed by atoms with Gasteiger partial charge in [-0.1, -0.05) is 30.3 Å². The van der Waals surface area contributed by atoms with E-state index < -0.39 is 101 Å². The lowest BCUT2D eigenvalue weighted by Crippen LogP contribution is -2.70. The van der Waals surface area contributed by atoms with Gasteiger partial charge in [-0.15, -0.1) is 0 Å². The minimum absolute atomic E-state index is 0.0876. The van der Waals surface area contributed by atoms with E-state index in [-0.39, 0.29) is 37.0 Å². The van der Waals surface area contributed by atoms with Crippen molar-refractivity contribution in [3.05, 3.63) is 58.7 Å². The molecule has 17 nitrogen and oxygen atoms in total. The monoisotopic (exact) mass is 917 g/mol. The van der Waals surface area contributed by atoms with Crippen LogP contribution in [0.2, 0.25) is 78.6 Å². The van der Waals surface area contributed by atoms with Gasteiger partial charge in [0, 0.05) is 6.04 Å². The molecule has 21 heteroatoms. The lowest BCUT2D eigenvalue weighted by molar-refractivity contribution is -0.119. The van der Waals surface area contributed by atoms with E-state index in [1.807, 2.05) is 30.3 Å². The topological polar surface area (TPSA) is 244 Å². The summed E-state index contributed by atoms with van der Waals surface area (Å²) in [6, 6.07) is 7.72. The van der Waals surface area contributed by atoms with Crippen molar-refractivity contribution in [3.8, 4) is 0 Å². The number of nitrogens with zero attached hydrogens (tertiary/aromatic N) is 2. The second-order valence-electron chi connectivity index (χ2n) is 19.6. The highest BCUT2D eigenvalue weighted by atomic mass is 28.4. The summed E-state index contributed by atoms with van der Waals surface area (Å²) in [5, 5.41) is 84.0. The molecule has 3 aliphatic rings. The molecule has 1 aromatic rings. The molecule has 344 valence electrons. The fourth-order valence-electron chi connectivity index (χ4n) is 6.91. The minimum Gasteiger partial charge on any atom is -0.416 e. The van der Waals surface area contributed by atoms with Crippen molar-refractivity contribution >= 4 is 33.3 Å². The highest BCUT2D eigenvalue weighted by molar-refractivity contribution is 6.71. The molecule has 60 heavy (non-hydrogen) atoms. The van der Waals surface area contributed by atoms with Gasteiger partial charge in [0.1, 0.15) is 24.4 Å². The van der Waals surface area contributed by atoms with Crippen molar-refractivity contribution < 1.29 is 58.6 Å². The van der Waals surface area contributed by atoms with Crippen LogP contribution in [0.1, 0.15) is 5.56 Å². The summed E-state index contributed by atoms with van der Waals surface area (Å²) in [6.07, 6.45) is -9.11. The van der Waals surface area contributed by atoms with Gasteiger partial charge in [-0.2, -0.15) is 0 Å². The van der Waals surface area contributed by atoms with Crippen molar-refractivity contribution in [2.24, 2.45) is 0 Å². The van der Waals surface area contributed by atoms with Crippen LogP contribution in [0.15, 0.2) is 30.3 Å². The van der Waals surface area contributed by atoms with Crippen molar-refractivity contribution in [1.82, 2.24) is 16.0 Å². The standard InChI is InChI=1S/C19H44N2O4Si4.C13H19NO4.C7H12N2O4/c1-20-19-18(25-29(11,12)13)17(24-28(8,9)10)16(23-27(5,6)7)15(21-19)14-22-26(2,3)4;15-7-10-12(17)13(18)11(16)9(14-10)6-8-4-2-1-3-5-8;1-8-7-6(13)5(12)4(11)3(2-10)9-7/h15-19,21H,14H2,2-13H3;1-5,9-18H,6-7H2;3-7,9-13H,2H2/t15-,16-,17+,18+,19+;9-,10-,11+,12-,13-;3-,4-,5+,6-,7+/m111/s1. The number of hydrogen-bond donors (Lipinski definition) is 11. The average molecular weight is 918 g/mol. The molecule has 11 N–H and O–H groups in total. The van der Waals surface area contributed by atoms with Gasteiger partial charge in [0.25, 0.3) is 0 Å². The van der Waals surface area contributed by atoms with Crippen LogP contribution in [0.3, 0.4) is 0 Å². The molecule has 15 atom stereocenters. The summed E-state index contributed by atoms with van der Waals surface area (Å²) < 4.78 is 26.2. The predicted molar refractivity (Wildman–Crippen MR) is 240 cm³/mol. The number of nitrogens with one attached hydrogen (secondary N) is 3. The Morgan fingerprint density at radius 2 is 0.917 bits per heavy atom. The van der Waals surface area contributed by atoms with E-state index in [0.717, 1.165) is 5.56 Å². The Kier molecular flexibility index (Phi) is 21.3. The van der Waals surface area contributed by atoms with Gasteiger partial charge in [-0.3, -0.25) is 9.69 Å². The molecular formula is C39H75N5O12Si4. The Morgan fingerprint density at radius 1 is 0.500 bits per heavy atom. The van der Waals surface area contributed by atoms with Crippen LogP contribution in [0.25, 0.3) is 9.69 Å². The molecule has 0 unspecified atom stereocenters. The van der Waals surface area contributed by atoms with Crippen molar-refractivity contribution in [2.75, 3.05) is 19.8 Å². The van der Waals surface area contributed by atoms with Gasteiger partial charge < -0.3 is 63.9 Å². The van der Waals surface area contributed by atoms with E-state index in [9.17, 15) is 30.6 Å². The van der Waals surface area contributed by atoms with Crippen LogP contribution in [-0.2, 0) is 24.1 Å². The van der Waals surface area contributed by atoms with Crippen molar-refractivity contribution in [3.63, 3.8) is 0 Å². The smallest absolute Gasteiger partial charge is 0.306 e. The molecule has 0 bridgehead atoms. The van der Waals surface area contributed by atoms with E-state index >= 15 is 0 Å². The third-order valence-corrected chi connectivity index (χ3v) is 13.6. The van der Waals surface area contributed by atoms with Gasteiger partial charge in [-0.05, 0) is 90.5 Å². The zero-order valence-electron chi connectivity index (χ0n) is 37.5. The molecule has 0 spiro atoms. The summed E-state index contributed by atoms with van der Waals surface area (Å²) in [6.45, 7) is 40.6. The van der Waals surface area contributed by atoms with Crippen molar-refractivity contribution in [1.29, 1.82) is 0 Å². The fraction of sp³-hybridized carbons (Fsp3) is 0.795. The molecular weight excluding hydrogens is 843 g/mol. The first-order valence-electron chi connectivity index (χ1n) is 20.6. The number of hydrogen-bond acceptors (Lipinski definition) is 15. The molecule has 1 aromatic carbocycles. The SMILES string of the molecule is OC[C@H]1N[C@H](Cc2ccccc2)[C@H](O)[C@@H](O)[C@@H]1O.[C-]#[N+][C@H]1N[C@H](CO)[C@@H](O)[C@H](O)[C@H]1O.[C-]#[N+][C@H]1N[C@H](CO[Si](C)(C)C)[C@@H](O[Si](C)(C)C)[C@H](O[Si](C)(C)C)[C@@H]1O[Si](C)(C)C. The van der Waals surface area contributed by atoms with E-state index in [2.05, 4.69) is 104 Å². The van der Waals surface area contributed by atoms with Crippen LogP contribution < -0.4 is 16.0 Å². The lowest BCUT2D eigenvalue weighted by Gasteiger charge is -2.48. The Morgan fingerprint density at radius 3 is 1.37 bits per heavy atom. The Bertz CT molecular complexity index is 1500. The first kappa shape index (κ1) is 54.6. The Balaban J connectivity index is 0.000000338. The van der Waals surface area contributed by atoms with E-state index in [1.165, 1.54) is 0 Å². The van der Waals surface area contributed by atoms with Gasteiger partial charge in [-0.25, -0.2) is 23.8 Å². The number of benzene rings is 1. The molecule has 4 rings (SSSR count). The van der Waals surface area contributed by atoms with Gasteiger partial charge in [0.2, 0.25) is 0 Å².